The highest BCUT2D eigenvalue weighted by atomic mass is 16.2. The molecular weight excluding hydrogens is 364 g/mol. The van der Waals surface area contributed by atoms with Crippen LogP contribution in [-0.2, 0) is 6.54 Å². The van der Waals surface area contributed by atoms with Crippen LogP contribution >= 0.6 is 0 Å². The first-order chi connectivity index (χ1) is 14.1. The van der Waals surface area contributed by atoms with E-state index in [1.807, 2.05) is 23.2 Å². The molecule has 0 aromatic carbocycles. The van der Waals surface area contributed by atoms with E-state index in [-0.39, 0.29) is 6.03 Å². The summed E-state index contributed by atoms with van der Waals surface area (Å²) in [5.74, 6) is 1.47. The Morgan fingerprint density at radius 2 is 1.90 bits per heavy atom. The van der Waals surface area contributed by atoms with Crippen molar-refractivity contribution in [2.24, 2.45) is 0 Å². The molecule has 4 rings (SSSR count). The van der Waals surface area contributed by atoms with Gasteiger partial charge in [-0.3, -0.25) is 4.90 Å². The molecule has 3 heterocycles. The lowest BCUT2D eigenvalue weighted by Gasteiger charge is -2.36. The van der Waals surface area contributed by atoms with Crippen molar-refractivity contribution < 1.29 is 4.79 Å². The molecule has 1 aliphatic carbocycles. The van der Waals surface area contributed by atoms with E-state index in [9.17, 15) is 4.79 Å². The Morgan fingerprint density at radius 1 is 1.14 bits per heavy atom. The van der Waals surface area contributed by atoms with Gasteiger partial charge < -0.3 is 14.8 Å². The third kappa shape index (κ3) is 4.71. The molecule has 2 aliphatic rings. The van der Waals surface area contributed by atoms with Crippen LogP contribution in [0.15, 0.2) is 18.3 Å². The average Bonchev–Trinajstić information content (AvgIpc) is 3.12. The van der Waals surface area contributed by atoms with Crippen LogP contribution in [0.1, 0.15) is 57.7 Å². The molecule has 29 heavy (non-hydrogen) atoms. The SMILES string of the molecule is CC(C)c1nc2cccnc2n1CCN1CCN(C(=O)NC2CCCCC2)CC1. The molecule has 7 nitrogen and oxygen atoms in total. The van der Waals surface area contributed by atoms with Crippen LogP contribution < -0.4 is 5.32 Å². The Hall–Kier alpha value is -2.15. The highest BCUT2D eigenvalue weighted by molar-refractivity contribution is 5.74. The number of pyridine rings is 1. The van der Waals surface area contributed by atoms with Crippen molar-refractivity contribution in [3.05, 3.63) is 24.2 Å². The molecule has 7 heteroatoms. The van der Waals surface area contributed by atoms with Crippen molar-refractivity contribution in [3.63, 3.8) is 0 Å². The first-order valence-corrected chi connectivity index (χ1v) is 11.2. The van der Waals surface area contributed by atoms with Gasteiger partial charge in [0.2, 0.25) is 0 Å². The van der Waals surface area contributed by atoms with E-state index in [1.54, 1.807) is 0 Å². The molecule has 2 amide bonds. The summed E-state index contributed by atoms with van der Waals surface area (Å²) in [7, 11) is 0. The second-order valence-electron chi connectivity index (χ2n) is 8.74. The van der Waals surface area contributed by atoms with Gasteiger partial charge in [-0.1, -0.05) is 33.1 Å². The Morgan fingerprint density at radius 3 is 2.62 bits per heavy atom. The van der Waals surface area contributed by atoms with E-state index in [0.717, 1.165) is 69.1 Å². The van der Waals surface area contributed by atoms with Crippen molar-refractivity contribution in [1.29, 1.82) is 0 Å². The van der Waals surface area contributed by atoms with Crippen LogP contribution in [0.5, 0.6) is 0 Å². The van der Waals surface area contributed by atoms with Gasteiger partial charge in [0.15, 0.2) is 5.65 Å². The fraction of sp³-hybridized carbons (Fsp3) is 0.682. The van der Waals surface area contributed by atoms with Gasteiger partial charge in [-0.25, -0.2) is 14.8 Å². The van der Waals surface area contributed by atoms with Crippen molar-refractivity contribution >= 4 is 17.2 Å². The van der Waals surface area contributed by atoms with E-state index in [2.05, 4.69) is 33.6 Å². The van der Waals surface area contributed by atoms with Gasteiger partial charge in [-0.15, -0.1) is 0 Å². The van der Waals surface area contributed by atoms with Gasteiger partial charge in [0.1, 0.15) is 11.3 Å². The second-order valence-corrected chi connectivity index (χ2v) is 8.74. The number of hydrogen-bond acceptors (Lipinski definition) is 4. The largest absolute Gasteiger partial charge is 0.335 e. The zero-order chi connectivity index (χ0) is 20.2. The topological polar surface area (TPSA) is 66.3 Å². The summed E-state index contributed by atoms with van der Waals surface area (Å²) in [6.07, 6.45) is 7.91. The van der Waals surface area contributed by atoms with E-state index in [4.69, 9.17) is 4.98 Å². The maximum Gasteiger partial charge on any atom is 0.317 e. The molecule has 0 unspecified atom stereocenters. The molecule has 1 saturated carbocycles. The lowest BCUT2D eigenvalue weighted by atomic mass is 9.96. The molecule has 1 aliphatic heterocycles. The van der Waals surface area contributed by atoms with E-state index in [1.165, 1.54) is 19.3 Å². The monoisotopic (exact) mass is 398 g/mol. The molecule has 1 saturated heterocycles. The number of carbonyl (C=O) groups is 1. The molecule has 0 spiro atoms. The molecule has 0 bridgehead atoms. The first-order valence-electron chi connectivity index (χ1n) is 11.2. The molecule has 158 valence electrons. The smallest absolute Gasteiger partial charge is 0.317 e. The van der Waals surface area contributed by atoms with Gasteiger partial charge in [0.25, 0.3) is 0 Å². The van der Waals surface area contributed by atoms with Crippen LogP contribution in [0.25, 0.3) is 11.2 Å². The normalized spacial score (nSPS) is 19.2. The van der Waals surface area contributed by atoms with Gasteiger partial charge in [0, 0.05) is 57.4 Å². The van der Waals surface area contributed by atoms with Crippen molar-refractivity contribution in [3.8, 4) is 0 Å². The molecule has 1 N–H and O–H groups in total. The summed E-state index contributed by atoms with van der Waals surface area (Å²) in [6.45, 7) is 9.67. The standard InChI is InChI=1S/C22H34N6O/c1-17(2)20-25-19-9-6-10-23-21(19)28(20)16-13-26-11-14-27(15-12-26)22(29)24-18-7-4-3-5-8-18/h6,9-10,17-18H,3-5,7-8,11-16H2,1-2H3,(H,24,29). The van der Waals surface area contributed by atoms with Gasteiger partial charge in [-0.05, 0) is 25.0 Å². The number of aromatic nitrogens is 3. The molecular formula is C22H34N6O. The number of nitrogens with one attached hydrogen (secondary N) is 1. The number of hydrogen-bond donors (Lipinski definition) is 1. The molecule has 2 aromatic rings. The maximum atomic E-state index is 12.6. The minimum atomic E-state index is 0.128. The zero-order valence-electron chi connectivity index (χ0n) is 17.8. The van der Waals surface area contributed by atoms with Gasteiger partial charge in [-0.2, -0.15) is 0 Å². The number of piperazine rings is 1. The fourth-order valence-corrected chi connectivity index (χ4v) is 4.57. The number of amides is 2. The Bertz CT molecular complexity index is 818. The summed E-state index contributed by atoms with van der Waals surface area (Å²) in [5.41, 5.74) is 1.95. The van der Waals surface area contributed by atoms with Gasteiger partial charge in [0.05, 0.1) is 0 Å². The fourth-order valence-electron chi connectivity index (χ4n) is 4.57. The number of carbonyl (C=O) groups excluding carboxylic acids is 1. The zero-order valence-corrected chi connectivity index (χ0v) is 17.8. The third-order valence-electron chi connectivity index (χ3n) is 6.28. The second kappa shape index (κ2) is 9.11. The van der Waals surface area contributed by atoms with Crippen LogP contribution in [0.4, 0.5) is 4.79 Å². The highest BCUT2D eigenvalue weighted by Crippen LogP contribution is 2.20. The quantitative estimate of drug-likeness (QED) is 0.840. The Balaban J connectivity index is 1.30. The van der Waals surface area contributed by atoms with E-state index in [0.29, 0.717) is 12.0 Å². The van der Waals surface area contributed by atoms with E-state index < -0.39 is 0 Å². The van der Waals surface area contributed by atoms with Crippen molar-refractivity contribution in [2.75, 3.05) is 32.7 Å². The Labute approximate surface area is 173 Å². The number of fused-ring (bicyclic) bond motifs is 1. The number of imidazole rings is 1. The van der Waals surface area contributed by atoms with Crippen LogP contribution in [0.2, 0.25) is 0 Å². The van der Waals surface area contributed by atoms with E-state index >= 15 is 0 Å². The summed E-state index contributed by atoms with van der Waals surface area (Å²) in [5, 5.41) is 3.25. The first kappa shape index (κ1) is 20.1. The molecule has 2 fully saturated rings. The lowest BCUT2D eigenvalue weighted by molar-refractivity contribution is 0.133. The minimum absolute atomic E-state index is 0.128. The Kier molecular flexibility index (Phi) is 6.33. The highest BCUT2D eigenvalue weighted by Gasteiger charge is 2.24. The van der Waals surface area contributed by atoms with Gasteiger partial charge >= 0.3 is 6.03 Å². The van der Waals surface area contributed by atoms with Crippen LogP contribution in [0, 0.1) is 0 Å². The summed E-state index contributed by atoms with van der Waals surface area (Å²) < 4.78 is 2.27. The lowest BCUT2D eigenvalue weighted by Crippen LogP contribution is -2.54. The maximum absolute atomic E-state index is 12.6. The summed E-state index contributed by atoms with van der Waals surface area (Å²) in [4.78, 5) is 26.3. The van der Waals surface area contributed by atoms with Crippen LogP contribution in [-0.4, -0.2) is 69.1 Å². The van der Waals surface area contributed by atoms with Crippen molar-refractivity contribution in [1.82, 2.24) is 29.7 Å². The number of urea groups is 1. The van der Waals surface area contributed by atoms with Crippen molar-refractivity contribution in [2.45, 2.75) is 64.5 Å². The number of nitrogens with zero attached hydrogens (tertiary/aromatic N) is 5. The summed E-state index contributed by atoms with van der Waals surface area (Å²) >= 11 is 0. The predicted octanol–water partition coefficient (Wildman–Crippen LogP) is 3.21. The average molecular weight is 399 g/mol. The number of rotatable bonds is 5. The molecule has 2 aromatic heterocycles. The minimum Gasteiger partial charge on any atom is -0.335 e. The summed E-state index contributed by atoms with van der Waals surface area (Å²) in [6, 6.07) is 4.49. The third-order valence-corrected chi connectivity index (χ3v) is 6.28. The van der Waals surface area contributed by atoms with Crippen LogP contribution in [0.3, 0.4) is 0 Å². The molecule has 0 radical (unpaired) electrons. The molecule has 0 atom stereocenters. The predicted molar refractivity (Wildman–Crippen MR) is 115 cm³/mol.